The fraction of sp³-hybridized carbons (Fsp3) is 0.125. The van der Waals surface area contributed by atoms with E-state index in [1.807, 2.05) is 0 Å². The third-order valence-corrected chi connectivity index (χ3v) is 1.93. The van der Waals surface area contributed by atoms with Gasteiger partial charge in [-0.2, -0.15) is 0 Å². The molecule has 1 aromatic rings. The fourth-order valence-electron chi connectivity index (χ4n) is 1.08. The van der Waals surface area contributed by atoms with Gasteiger partial charge < -0.3 is 9.47 Å². The average Bonchev–Trinajstić information content (AvgIpc) is 2.54. The van der Waals surface area contributed by atoms with Gasteiger partial charge in [-0.1, -0.05) is 11.6 Å². The van der Waals surface area contributed by atoms with Gasteiger partial charge in [0, 0.05) is 0 Å². The number of carbonyl (C=O) groups is 1. The molecule has 0 N–H and O–H groups in total. The molecule has 0 spiro atoms. The first-order chi connectivity index (χ1) is 5.83. The predicted octanol–water partition coefficient (Wildman–Crippen LogP) is 1.88. The number of aldehydes is 1. The first-order valence-corrected chi connectivity index (χ1v) is 3.74. The van der Waals surface area contributed by atoms with Crippen molar-refractivity contribution in [3.63, 3.8) is 0 Å². The SMILES string of the molecule is O=Cc1ccc(Cl)c2c1OCO2. The van der Waals surface area contributed by atoms with Crippen molar-refractivity contribution in [1.29, 1.82) is 0 Å². The molecule has 2 rings (SSSR count). The van der Waals surface area contributed by atoms with Gasteiger partial charge in [0.25, 0.3) is 0 Å². The van der Waals surface area contributed by atoms with Gasteiger partial charge in [0.2, 0.25) is 6.79 Å². The summed E-state index contributed by atoms with van der Waals surface area (Å²) >= 11 is 5.78. The molecule has 12 heavy (non-hydrogen) atoms. The van der Waals surface area contributed by atoms with E-state index >= 15 is 0 Å². The summed E-state index contributed by atoms with van der Waals surface area (Å²) in [4.78, 5) is 10.5. The van der Waals surface area contributed by atoms with E-state index in [0.717, 1.165) is 0 Å². The van der Waals surface area contributed by atoms with Crippen LogP contribution in [0.2, 0.25) is 5.02 Å². The number of halogens is 1. The van der Waals surface area contributed by atoms with Crippen LogP contribution in [0.1, 0.15) is 10.4 Å². The molecule has 62 valence electrons. The first kappa shape index (κ1) is 7.43. The molecule has 1 heterocycles. The van der Waals surface area contributed by atoms with Crippen LogP contribution in [-0.4, -0.2) is 13.1 Å². The molecular formula is C8H5ClO3. The summed E-state index contributed by atoms with van der Waals surface area (Å²) in [5.41, 5.74) is 0.465. The summed E-state index contributed by atoms with van der Waals surface area (Å²) in [6.07, 6.45) is 0.712. The van der Waals surface area contributed by atoms with E-state index in [-0.39, 0.29) is 6.79 Å². The second-order valence-electron chi connectivity index (χ2n) is 2.32. The smallest absolute Gasteiger partial charge is 0.231 e. The summed E-state index contributed by atoms with van der Waals surface area (Å²) in [6.45, 7) is 0.125. The highest BCUT2D eigenvalue weighted by Crippen LogP contribution is 2.40. The maximum atomic E-state index is 10.5. The monoisotopic (exact) mass is 184 g/mol. The maximum absolute atomic E-state index is 10.5. The molecule has 0 atom stereocenters. The molecular weight excluding hydrogens is 180 g/mol. The van der Waals surface area contributed by atoms with E-state index in [1.165, 1.54) is 0 Å². The van der Waals surface area contributed by atoms with Gasteiger partial charge in [-0.05, 0) is 12.1 Å². The standard InChI is InChI=1S/C8H5ClO3/c9-6-2-1-5(3-10)7-8(6)12-4-11-7/h1-3H,4H2. The molecule has 0 radical (unpaired) electrons. The van der Waals surface area contributed by atoms with Gasteiger partial charge in [0.15, 0.2) is 17.8 Å². The minimum atomic E-state index is 0.125. The molecule has 0 bridgehead atoms. The highest BCUT2D eigenvalue weighted by atomic mass is 35.5. The first-order valence-electron chi connectivity index (χ1n) is 3.36. The third-order valence-electron chi connectivity index (χ3n) is 1.63. The number of ether oxygens (including phenoxy) is 2. The Bertz CT molecular complexity index is 335. The number of hydrogen-bond donors (Lipinski definition) is 0. The Morgan fingerprint density at radius 3 is 2.83 bits per heavy atom. The molecule has 0 saturated carbocycles. The van der Waals surface area contributed by atoms with E-state index in [4.69, 9.17) is 21.1 Å². The van der Waals surface area contributed by atoms with Crippen molar-refractivity contribution in [2.24, 2.45) is 0 Å². The summed E-state index contributed by atoms with van der Waals surface area (Å²) in [5.74, 6) is 0.902. The number of fused-ring (bicyclic) bond motifs is 1. The van der Waals surface area contributed by atoms with Gasteiger partial charge in [-0.15, -0.1) is 0 Å². The van der Waals surface area contributed by atoms with Crippen LogP contribution in [0.3, 0.4) is 0 Å². The lowest BCUT2D eigenvalue weighted by atomic mass is 10.2. The highest BCUT2D eigenvalue weighted by Gasteiger charge is 2.20. The Morgan fingerprint density at radius 1 is 1.33 bits per heavy atom. The zero-order chi connectivity index (χ0) is 8.55. The van der Waals surface area contributed by atoms with Crippen molar-refractivity contribution in [1.82, 2.24) is 0 Å². The van der Waals surface area contributed by atoms with Crippen molar-refractivity contribution >= 4 is 17.9 Å². The summed E-state index contributed by atoms with van der Waals surface area (Å²) < 4.78 is 10.1. The van der Waals surface area contributed by atoms with Gasteiger partial charge in [0.05, 0.1) is 10.6 Å². The third kappa shape index (κ3) is 0.940. The molecule has 1 aromatic carbocycles. The summed E-state index contributed by atoms with van der Waals surface area (Å²) in [7, 11) is 0. The molecule has 0 aliphatic carbocycles. The van der Waals surface area contributed by atoms with Crippen molar-refractivity contribution < 1.29 is 14.3 Å². The molecule has 4 heteroatoms. The molecule has 1 aliphatic rings. The van der Waals surface area contributed by atoms with Gasteiger partial charge in [-0.3, -0.25) is 4.79 Å². The van der Waals surface area contributed by atoms with Crippen LogP contribution in [0.25, 0.3) is 0 Å². The highest BCUT2D eigenvalue weighted by molar-refractivity contribution is 6.32. The van der Waals surface area contributed by atoms with E-state index in [9.17, 15) is 4.79 Å². The van der Waals surface area contributed by atoms with Crippen LogP contribution in [-0.2, 0) is 0 Å². The zero-order valence-corrected chi connectivity index (χ0v) is 6.80. The van der Waals surface area contributed by atoms with Gasteiger partial charge in [0.1, 0.15) is 0 Å². The zero-order valence-electron chi connectivity index (χ0n) is 6.04. The molecule has 0 unspecified atom stereocenters. The molecule has 0 saturated heterocycles. The Balaban J connectivity index is 2.64. The summed E-state index contributed by atoms with van der Waals surface area (Å²) in [5, 5.41) is 0.466. The number of benzene rings is 1. The van der Waals surface area contributed by atoms with E-state index in [1.54, 1.807) is 12.1 Å². The second-order valence-corrected chi connectivity index (χ2v) is 2.73. The molecule has 0 amide bonds. The fourth-order valence-corrected chi connectivity index (χ4v) is 1.28. The van der Waals surface area contributed by atoms with Crippen molar-refractivity contribution in [3.05, 3.63) is 22.7 Å². The number of hydrogen-bond acceptors (Lipinski definition) is 3. The Morgan fingerprint density at radius 2 is 2.08 bits per heavy atom. The van der Waals surface area contributed by atoms with Crippen molar-refractivity contribution in [3.8, 4) is 11.5 Å². The summed E-state index contributed by atoms with van der Waals surface area (Å²) in [6, 6.07) is 3.21. The molecule has 1 aliphatic heterocycles. The van der Waals surface area contributed by atoms with Gasteiger partial charge in [-0.25, -0.2) is 0 Å². The molecule has 0 fully saturated rings. The lowest BCUT2D eigenvalue weighted by Gasteiger charge is -1.99. The molecule has 3 nitrogen and oxygen atoms in total. The minimum absolute atomic E-state index is 0.125. The second kappa shape index (κ2) is 2.68. The van der Waals surface area contributed by atoms with E-state index in [0.29, 0.717) is 28.4 Å². The van der Waals surface area contributed by atoms with Crippen molar-refractivity contribution in [2.45, 2.75) is 0 Å². The largest absolute Gasteiger partial charge is 0.453 e. The van der Waals surface area contributed by atoms with Crippen LogP contribution < -0.4 is 9.47 Å². The van der Waals surface area contributed by atoms with Crippen LogP contribution in [0.15, 0.2) is 12.1 Å². The van der Waals surface area contributed by atoms with Crippen LogP contribution >= 0.6 is 11.6 Å². The molecule has 0 aromatic heterocycles. The number of rotatable bonds is 1. The van der Waals surface area contributed by atoms with Crippen LogP contribution in [0.4, 0.5) is 0 Å². The van der Waals surface area contributed by atoms with E-state index in [2.05, 4.69) is 0 Å². The normalized spacial score (nSPS) is 13.1. The van der Waals surface area contributed by atoms with Crippen LogP contribution in [0, 0.1) is 0 Å². The lowest BCUT2D eigenvalue weighted by Crippen LogP contribution is -1.94. The minimum Gasteiger partial charge on any atom is -0.453 e. The van der Waals surface area contributed by atoms with Gasteiger partial charge >= 0.3 is 0 Å². The topological polar surface area (TPSA) is 35.5 Å². The quantitative estimate of drug-likeness (QED) is 0.626. The Hall–Kier alpha value is -1.22. The average molecular weight is 185 g/mol. The Kier molecular flexibility index (Phi) is 1.66. The Labute approximate surface area is 73.8 Å². The van der Waals surface area contributed by atoms with E-state index < -0.39 is 0 Å². The predicted molar refractivity (Wildman–Crippen MR) is 43.0 cm³/mol. The van der Waals surface area contributed by atoms with Crippen molar-refractivity contribution in [2.75, 3.05) is 6.79 Å². The maximum Gasteiger partial charge on any atom is 0.231 e. The van der Waals surface area contributed by atoms with Crippen LogP contribution in [0.5, 0.6) is 11.5 Å². The lowest BCUT2D eigenvalue weighted by molar-refractivity contribution is 0.111. The number of carbonyl (C=O) groups excluding carboxylic acids is 1.